The molecule has 4 aliphatic rings. The number of nitrogens with zero attached hydrogens (tertiary/aromatic N) is 2. The Morgan fingerprint density at radius 3 is 1.00 bits per heavy atom. The molecule has 0 fully saturated rings. The van der Waals surface area contributed by atoms with Crippen molar-refractivity contribution in [3.63, 3.8) is 0 Å². The van der Waals surface area contributed by atoms with E-state index in [4.69, 9.17) is 9.47 Å². The van der Waals surface area contributed by atoms with Gasteiger partial charge in [0.05, 0.1) is 16.5 Å². The number of hydrogen-bond acceptors (Lipinski definition) is 4. The van der Waals surface area contributed by atoms with Crippen molar-refractivity contribution < 1.29 is 9.47 Å². The van der Waals surface area contributed by atoms with E-state index in [1.165, 1.54) is 61.2 Å². The number of anilines is 6. The number of ether oxygens (including phenoxy) is 2. The third-order valence-electron chi connectivity index (χ3n) is 25.6. The van der Waals surface area contributed by atoms with E-state index in [1.54, 1.807) is 0 Å². The Kier molecular flexibility index (Phi) is 15.2. The molecular formula is C114H72N2O2. The molecule has 550 valence electrons. The fraction of sp³-hybridized carbons (Fsp3) is 0.0175. The van der Waals surface area contributed by atoms with Gasteiger partial charge in [-0.1, -0.05) is 364 Å². The van der Waals surface area contributed by atoms with Crippen molar-refractivity contribution in [2.45, 2.75) is 10.8 Å². The van der Waals surface area contributed by atoms with Gasteiger partial charge in [0.1, 0.15) is 23.0 Å². The Morgan fingerprint density at radius 1 is 0.169 bits per heavy atom. The van der Waals surface area contributed by atoms with Gasteiger partial charge in [-0.05, 0) is 189 Å². The fourth-order valence-corrected chi connectivity index (χ4v) is 20.4. The molecule has 118 heavy (non-hydrogen) atoms. The highest BCUT2D eigenvalue weighted by Crippen LogP contribution is 2.67. The summed E-state index contributed by atoms with van der Waals surface area (Å²) in [6.07, 6.45) is 0. The minimum Gasteiger partial charge on any atom is -0.455 e. The van der Waals surface area contributed by atoms with Gasteiger partial charge < -0.3 is 19.3 Å². The fourth-order valence-electron chi connectivity index (χ4n) is 20.4. The molecule has 20 aromatic rings. The van der Waals surface area contributed by atoms with E-state index in [-0.39, 0.29) is 0 Å². The molecule has 2 aliphatic carbocycles. The van der Waals surface area contributed by atoms with Crippen LogP contribution in [0.15, 0.2) is 437 Å². The first-order chi connectivity index (χ1) is 58.5. The average molecular weight is 1500 g/mol. The van der Waals surface area contributed by atoms with E-state index in [2.05, 4.69) is 447 Å². The summed E-state index contributed by atoms with van der Waals surface area (Å²) in [4.78, 5) is 4.88. The second-order valence-electron chi connectivity index (χ2n) is 31.6. The van der Waals surface area contributed by atoms with Gasteiger partial charge in [-0.2, -0.15) is 0 Å². The van der Waals surface area contributed by atoms with Gasteiger partial charge in [-0.25, -0.2) is 0 Å². The van der Waals surface area contributed by atoms with Crippen LogP contribution in [0.2, 0.25) is 0 Å². The zero-order valence-corrected chi connectivity index (χ0v) is 64.3. The molecule has 0 aromatic heterocycles. The SMILES string of the molecule is c1ccc(-c2ccc(N(c3ccc(-c4cccc(-c5cccc6ccc7c(c56)Oc5c(ccc6ccccc56)C75c6ccccc6-c6cc(N(c7ccc(-c8ccccc8)cc7)c7ccccc7-c7ccccc7)ccc65)c4)cc3)c3ccc4c(c3)-c3ccccc3C43c4ccc5ccccc5c4Oc4c3ccc3ccccc43)cc2)cc1. The van der Waals surface area contributed by atoms with Gasteiger partial charge in [0, 0.05) is 77.8 Å². The van der Waals surface area contributed by atoms with Crippen molar-refractivity contribution in [3.05, 3.63) is 481 Å². The van der Waals surface area contributed by atoms with Crippen molar-refractivity contribution in [1.82, 2.24) is 0 Å². The lowest BCUT2D eigenvalue weighted by molar-refractivity contribution is 0.447. The van der Waals surface area contributed by atoms with Crippen molar-refractivity contribution >= 4 is 77.2 Å². The Morgan fingerprint density at radius 2 is 0.492 bits per heavy atom. The maximum absolute atomic E-state index is 7.82. The largest absolute Gasteiger partial charge is 0.455 e. The molecule has 0 radical (unpaired) electrons. The highest BCUT2D eigenvalue weighted by molar-refractivity contribution is 6.08. The van der Waals surface area contributed by atoms with Crippen LogP contribution in [0.4, 0.5) is 34.1 Å². The summed E-state index contributed by atoms with van der Waals surface area (Å²) in [5.41, 5.74) is 30.5. The lowest BCUT2D eigenvalue weighted by atomic mass is 9.65. The van der Waals surface area contributed by atoms with Crippen LogP contribution in [0.1, 0.15) is 44.5 Å². The van der Waals surface area contributed by atoms with Crippen molar-refractivity contribution in [2.75, 3.05) is 9.80 Å². The average Bonchev–Trinajstić information content (AvgIpc) is 1.47. The van der Waals surface area contributed by atoms with Crippen molar-refractivity contribution in [2.24, 2.45) is 0 Å². The Balaban J connectivity index is 0.641. The van der Waals surface area contributed by atoms with Crippen LogP contribution < -0.4 is 19.3 Å². The second kappa shape index (κ2) is 26.6. The van der Waals surface area contributed by atoms with Crippen LogP contribution >= 0.6 is 0 Å². The predicted molar refractivity (Wildman–Crippen MR) is 488 cm³/mol. The van der Waals surface area contributed by atoms with Crippen molar-refractivity contribution in [3.8, 4) is 101 Å². The van der Waals surface area contributed by atoms with E-state index in [9.17, 15) is 0 Å². The third kappa shape index (κ3) is 10.1. The molecule has 2 heterocycles. The van der Waals surface area contributed by atoms with Gasteiger partial charge >= 0.3 is 0 Å². The minimum absolute atomic E-state index is 0.680. The number of para-hydroxylation sites is 1. The Labute approximate surface area is 684 Å². The first kappa shape index (κ1) is 67.2. The number of hydrogen-bond donors (Lipinski definition) is 0. The van der Waals surface area contributed by atoms with Crippen molar-refractivity contribution in [1.29, 1.82) is 0 Å². The predicted octanol–water partition coefficient (Wildman–Crippen LogP) is 30.5. The molecule has 0 bridgehead atoms. The molecule has 1 atom stereocenters. The van der Waals surface area contributed by atoms with Crippen LogP contribution in [-0.2, 0) is 10.8 Å². The normalized spacial score (nSPS) is 14.0. The zero-order valence-electron chi connectivity index (χ0n) is 64.3. The molecule has 2 spiro atoms. The highest BCUT2D eigenvalue weighted by Gasteiger charge is 2.54. The smallest absolute Gasteiger partial charge is 0.140 e. The molecular weight excluding hydrogens is 1430 g/mol. The number of fused-ring (bicyclic) bond motifs is 26. The van der Waals surface area contributed by atoms with Gasteiger partial charge in [0.25, 0.3) is 0 Å². The molecule has 2 aliphatic heterocycles. The number of benzene rings is 20. The third-order valence-corrected chi connectivity index (χ3v) is 25.6. The summed E-state index contributed by atoms with van der Waals surface area (Å²) >= 11 is 0. The molecule has 1 unspecified atom stereocenters. The zero-order chi connectivity index (χ0) is 77.6. The van der Waals surface area contributed by atoms with E-state index >= 15 is 0 Å². The Bertz CT molecular complexity index is 7400. The summed E-state index contributed by atoms with van der Waals surface area (Å²) in [5, 5.41) is 8.86. The second-order valence-corrected chi connectivity index (χ2v) is 31.6. The summed E-state index contributed by atoms with van der Waals surface area (Å²) < 4.78 is 15.2. The molecule has 4 nitrogen and oxygen atoms in total. The standard InChI is InChI=1S/C114H72N2O2/c1-4-24-73(25-5-1)75-46-56-85(57-47-75)115(88-62-68-101-97(71-88)95-40-16-19-43-99(95)113(101)103-64-52-79-30-10-13-37-92(79)109(103)117-110-93-38-14-11-31-80(93)53-65-104(110)113)86-58-50-77(51-59-86)83-34-22-35-84(70-83)91-42-23-33-82-55-67-106-112(108(82)91)118-111-94-39-15-12-32-81(94)54-66-105(111)114(106)100-44-20-17-41-96(100)98-72-89(63-69-102(98)114)116(87-60-48-76(49-61-87)74-26-6-2-7-27-74)107-45-21-18-36-90(107)78-28-8-3-9-29-78/h1-72H. The summed E-state index contributed by atoms with van der Waals surface area (Å²) in [6.45, 7) is 0. The van der Waals surface area contributed by atoms with Crippen LogP contribution in [0.25, 0.3) is 121 Å². The van der Waals surface area contributed by atoms with E-state index in [1.807, 2.05) is 0 Å². The van der Waals surface area contributed by atoms with Crippen LogP contribution in [0, 0.1) is 0 Å². The molecule has 0 saturated carbocycles. The molecule has 0 amide bonds. The van der Waals surface area contributed by atoms with Crippen LogP contribution in [0.3, 0.4) is 0 Å². The van der Waals surface area contributed by atoms with Crippen LogP contribution in [-0.4, -0.2) is 0 Å². The molecule has 4 heteroatoms. The monoisotopic (exact) mass is 1500 g/mol. The summed E-state index contributed by atoms with van der Waals surface area (Å²) in [5.74, 6) is 3.55. The lowest BCUT2D eigenvalue weighted by Crippen LogP contribution is -2.32. The molecule has 20 aromatic carbocycles. The highest BCUT2D eigenvalue weighted by atomic mass is 16.5. The molecule has 24 rings (SSSR count). The first-order valence-corrected chi connectivity index (χ1v) is 40.8. The summed E-state index contributed by atoms with van der Waals surface area (Å²) in [7, 11) is 0. The van der Waals surface area contributed by atoms with E-state index in [0.717, 1.165) is 161 Å². The van der Waals surface area contributed by atoms with Gasteiger partial charge in [0.15, 0.2) is 0 Å². The first-order valence-electron chi connectivity index (χ1n) is 40.8. The lowest BCUT2D eigenvalue weighted by Gasteiger charge is -2.40. The molecule has 0 saturated heterocycles. The topological polar surface area (TPSA) is 24.9 Å². The molecule has 0 N–H and O–H groups in total. The minimum atomic E-state index is -0.786. The maximum Gasteiger partial charge on any atom is 0.140 e. The maximum atomic E-state index is 7.82. The number of rotatable bonds is 11. The van der Waals surface area contributed by atoms with Gasteiger partial charge in [-0.3, -0.25) is 0 Å². The van der Waals surface area contributed by atoms with E-state index < -0.39 is 10.8 Å². The summed E-state index contributed by atoms with van der Waals surface area (Å²) in [6, 6.07) is 161. The quantitative estimate of drug-likeness (QED) is 0.129. The van der Waals surface area contributed by atoms with Gasteiger partial charge in [-0.15, -0.1) is 0 Å². The van der Waals surface area contributed by atoms with Crippen LogP contribution in [0.5, 0.6) is 23.0 Å². The Hall–Kier alpha value is -15.4. The van der Waals surface area contributed by atoms with Gasteiger partial charge in [0.2, 0.25) is 0 Å². The van der Waals surface area contributed by atoms with E-state index in [0.29, 0.717) is 0 Å².